The third kappa shape index (κ3) is 4.85. The largest absolute Gasteiger partial charge is 0.457 e. The lowest BCUT2D eigenvalue weighted by molar-refractivity contribution is -0.137. The molecule has 0 aliphatic heterocycles. The van der Waals surface area contributed by atoms with Gasteiger partial charge in [-0.2, -0.15) is 0 Å². The molecule has 1 aliphatic carbocycles. The second-order valence-electron chi connectivity index (χ2n) is 3.89. The van der Waals surface area contributed by atoms with Gasteiger partial charge < -0.3 is 4.74 Å². The summed E-state index contributed by atoms with van der Waals surface area (Å²) < 4.78 is 5.25. The number of ether oxygens (including phenoxy) is 1. The SMILES string of the molecule is C/C=C(\C=C/CC)C(=O)OCC1=CCCC=C1. The van der Waals surface area contributed by atoms with Gasteiger partial charge in [0.15, 0.2) is 0 Å². The van der Waals surface area contributed by atoms with E-state index in [9.17, 15) is 4.79 Å². The van der Waals surface area contributed by atoms with Crippen molar-refractivity contribution in [2.75, 3.05) is 6.61 Å². The maximum absolute atomic E-state index is 11.7. The molecule has 2 nitrogen and oxygen atoms in total. The van der Waals surface area contributed by atoms with Crippen LogP contribution in [0.3, 0.4) is 0 Å². The van der Waals surface area contributed by atoms with Gasteiger partial charge in [0.05, 0.1) is 5.57 Å². The van der Waals surface area contributed by atoms with Gasteiger partial charge in [-0.15, -0.1) is 0 Å². The Morgan fingerprint density at radius 3 is 2.88 bits per heavy atom. The molecule has 17 heavy (non-hydrogen) atoms. The molecule has 0 saturated carbocycles. The van der Waals surface area contributed by atoms with Crippen LogP contribution in [-0.4, -0.2) is 12.6 Å². The third-order valence-corrected chi connectivity index (χ3v) is 2.52. The average molecular weight is 232 g/mol. The molecule has 0 saturated heterocycles. The predicted molar refractivity (Wildman–Crippen MR) is 70.6 cm³/mol. The van der Waals surface area contributed by atoms with Crippen molar-refractivity contribution in [1.29, 1.82) is 0 Å². The molecule has 0 bridgehead atoms. The number of hydrogen-bond acceptors (Lipinski definition) is 2. The van der Waals surface area contributed by atoms with Crippen molar-refractivity contribution in [2.24, 2.45) is 0 Å². The smallest absolute Gasteiger partial charge is 0.338 e. The Kier molecular flexibility index (Phi) is 6.08. The van der Waals surface area contributed by atoms with Crippen LogP contribution in [0.4, 0.5) is 0 Å². The van der Waals surface area contributed by atoms with Crippen LogP contribution >= 0.6 is 0 Å². The first-order valence-corrected chi connectivity index (χ1v) is 6.13. The van der Waals surface area contributed by atoms with Crippen molar-refractivity contribution in [3.05, 3.63) is 47.6 Å². The monoisotopic (exact) mass is 232 g/mol. The summed E-state index contributed by atoms with van der Waals surface area (Å²) in [7, 11) is 0. The van der Waals surface area contributed by atoms with E-state index in [-0.39, 0.29) is 5.97 Å². The fourth-order valence-electron chi connectivity index (χ4n) is 1.53. The van der Waals surface area contributed by atoms with Gasteiger partial charge in [-0.3, -0.25) is 0 Å². The molecule has 0 fully saturated rings. The summed E-state index contributed by atoms with van der Waals surface area (Å²) in [6.07, 6.45) is 14.8. The summed E-state index contributed by atoms with van der Waals surface area (Å²) >= 11 is 0. The Bertz CT molecular complexity index is 370. The number of carbonyl (C=O) groups is 1. The van der Waals surface area contributed by atoms with Crippen LogP contribution in [0.5, 0.6) is 0 Å². The van der Waals surface area contributed by atoms with Gasteiger partial charge in [-0.05, 0) is 31.8 Å². The highest BCUT2D eigenvalue weighted by atomic mass is 16.5. The van der Waals surface area contributed by atoms with E-state index in [1.807, 2.05) is 32.1 Å². The van der Waals surface area contributed by atoms with E-state index < -0.39 is 0 Å². The summed E-state index contributed by atoms with van der Waals surface area (Å²) in [6, 6.07) is 0. The zero-order valence-electron chi connectivity index (χ0n) is 10.6. The van der Waals surface area contributed by atoms with E-state index in [2.05, 4.69) is 12.2 Å². The van der Waals surface area contributed by atoms with E-state index in [1.165, 1.54) is 0 Å². The first-order chi connectivity index (χ1) is 8.27. The fraction of sp³-hybridized carbons (Fsp3) is 0.400. The van der Waals surface area contributed by atoms with Crippen LogP contribution in [-0.2, 0) is 9.53 Å². The molecule has 0 atom stereocenters. The van der Waals surface area contributed by atoms with Crippen molar-refractivity contribution < 1.29 is 9.53 Å². The normalized spacial score (nSPS) is 16.1. The van der Waals surface area contributed by atoms with E-state index in [0.717, 1.165) is 24.8 Å². The standard InChI is InChI=1S/C15H20O2/c1-3-5-11-14(4-2)15(16)17-12-13-9-7-6-8-10-13/h4-5,7,9-11H,3,6,8,12H2,1-2H3/b11-5-,14-4+. The van der Waals surface area contributed by atoms with Gasteiger partial charge in [-0.25, -0.2) is 4.79 Å². The van der Waals surface area contributed by atoms with Crippen LogP contribution in [0, 0.1) is 0 Å². The zero-order chi connectivity index (χ0) is 12.5. The van der Waals surface area contributed by atoms with Crippen molar-refractivity contribution in [2.45, 2.75) is 33.1 Å². The minimum absolute atomic E-state index is 0.253. The number of rotatable bonds is 5. The molecule has 0 heterocycles. The minimum atomic E-state index is -0.253. The van der Waals surface area contributed by atoms with Gasteiger partial charge in [0, 0.05) is 0 Å². The molecule has 2 heteroatoms. The fourth-order valence-corrected chi connectivity index (χ4v) is 1.53. The van der Waals surface area contributed by atoms with Crippen LogP contribution < -0.4 is 0 Å². The molecule has 1 rings (SSSR count). The summed E-state index contributed by atoms with van der Waals surface area (Å²) in [5, 5.41) is 0. The molecular formula is C15H20O2. The van der Waals surface area contributed by atoms with Gasteiger partial charge in [0.1, 0.15) is 6.61 Å². The Balaban J connectivity index is 2.45. The van der Waals surface area contributed by atoms with Gasteiger partial charge in [-0.1, -0.05) is 43.4 Å². The lowest BCUT2D eigenvalue weighted by Gasteiger charge is -2.08. The van der Waals surface area contributed by atoms with Crippen LogP contribution in [0.1, 0.15) is 33.1 Å². The molecule has 0 aromatic heterocycles. The van der Waals surface area contributed by atoms with Gasteiger partial charge in [0.25, 0.3) is 0 Å². The van der Waals surface area contributed by atoms with Crippen molar-refractivity contribution >= 4 is 5.97 Å². The summed E-state index contributed by atoms with van der Waals surface area (Å²) in [4.78, 5) is 11.7. The molecule has 92 valence electrons. The molecule has 0 aromatic rings. The molecule has 0 unspecified atom stereocenters. The number of carbonyl (C=O) groups excluding carboxylic acids is 1. The molecular weight excluding hydrogens is 212 g/mol. The summed E-state index contributed by atoms with van der Waals surface area (Å²) in [5.41, 5.74) is 1.70. The van der Waals surface area contributed by atoms with Crippen molar-refractivity contribution in [3.63, 3.8) is 0 Å². The summed E-state index contributed by atoms with van der Waals surface area (Å²) in [5.74, 6) is -0.253. The molecule has 0 spiro atoms. The molecule has 0 radical (unpaired) electrons. The molecule has 1 aliphatic rings. The Hall–Kier alpha value is -1.57. The highest BCUT2D eigenvalue weighted by Gasteiger charge is 2.07. The first kappa shape index (κ1) is 13.5. The lowest BCUT2D eigenvalue weighted by Crippen LogP contribution is -2.09. The van der Waals surface area contributed by atoms with E-state index in [4.69, 9.17) is 4.74 Å². The maximum atomic E-state index is 11.7. The second-order valence-corrected chi connectivity index (χ2v) is 3.89. The van der Waals surface area contributed by atoms with Crippen LogP contribution in [0.25, 0.3) is 0 Å². The second kappa shape index (κ2) is 7.66. The summed E-state index contributed by atoms with van der Waals surface area (Å²) in [6.45, 7) is 4.25. The average Bonchev–Trinajstić information content (AvgIpc) is 2.38. The third-order valence-electron chi connectivity index (χ3n) is 2.52. The molecule has 0 amide bonds. The number of esters is 1. The van der Waals surface area contributed by atoms with Gasteiger partial charge in [0.2, 0.25) is 0 Å². The van der Waals surface area contributed by atoms with Gasteiger partial charge >= 0.3 is 5.97 Å². The first-order valence-electron chi connectivity index (χ1n) is 6.13. The van der Waals surface area contributed by atoms with Crippen LogP contribution in [0.15, 0.2) is 47.6 Å². The van der Waals surface area contributed by atoms with E-state index in [0.29, 0.717) is 12.2 Å². The minimum Gasteiger partial charge on any atom is -0.457 e. The Morgan fingerprint density at radius 2 is 2.29 bits per heavy atom. The van der Waals surface area contributed by atoms with Crippen LogP contribution in [0.2, 0.25) is 0 Å². The Labute approximate surface area is 103 Å². The number of hydrogen-bond donors (Lipinski definition) is 0. The molecule has 0 N–H and O–H groups in total. The quantitative estimate of drug-likeness (QED) is 0.410. The van der Waals surface area contributed by atoms with Crippen molar-refractivity contribution in [1.82, 2.24) is 0 Å². The van der Waals surface area contributed by atoms with E-state index >= 15 is 0 Å². The van der Waals surface area contributed by atoms with E-state index in [1.54, 1.807) is 6.08 Å². The Morgan fingerprint density at radius 1 is 1.47 bits per heavy atom. The lowest BCUT2D eigenvalue weighted by atomic mass is 10.1. The topological polar surface area (TPSA) is 26.3 Å². The maximum Gasteiger partial charge on any atom is 0.338 e. The molecule has 0 aromatic carbocycles. The zero-order valence-corrected chi connectivity index (χ0v) is 10.6. The van der Waals surface area contributed by atoms with Crippen molar-refractivity contribution in [3.8, 4) is 0 Å². The number of allylic oxidation sites excluding steroid dienone is 4. The predicted octanol–water partition coefficient (Wildman–Crippen LogP) is 3.72. The highest BCUT2D eigenvalue weighted by Crippen LogP contribution is 2.11. The highest BCUT2D eigenvalue weighted by molar-refractivity contribution is 5.91.